The number of rotatable bonds is 5. The second-order valence-electron chi connectivity index (χ2n) is 3.69. The number of anilines is 1. The summed E-state index contributed by atoms with van der Waals surface area (Å²) in [4.78, 5) is 0. The van der Waals surface area contributed by atoms with Crippen LogP contribution in [-0.4, -0.2) is 13.2 Å². The van der Waals surface area contributed by atoms with Gasteiger partial charge in [0.1, 0.15) is 24.7 Å². The van der Waals surface area contributed by atoms with Crippen molar-refractivity contribution < 1.29 is 9.47 Å². The van der Waals surface area contributed by atoms with Gasteiger partial charge in [-0.1, -0.05) is 29.8 Å². The molecule has 2 aromatic carbocycles. The molecule has 4 heteroatoms. The van der Waals surface area contributed by atoms with Crippen LogP contribution in [0.2, 0.25) is 5.02 Å². The first-order valence-corrected chi connectivity index (χ1v) is 5.99. The Morgan fingerprint density at radius 3 is 2.50 bits per heavy atom. The molecule has 0 amide bonds. The van der Waals surface area contributed by atoms with Crippen molar-refractivity contribution in [2.24, 2.45) is 0 Å². The van der Waals surface area contributed by atoms with Gasteiger partial charge in [0.15, 0.2) is 0 Å². The Hall–Kier alpha value is -1.87. The van der Waals surface area contributed by atoms with E-state index in [1.807, 2.05) is 30.3 Å². The van der Waals surface area contributed by atoms with Crippen molar-refractivity contribution in [3.63, 3.8) is 0 Å². The van der Waals surface area contributed by atoms with Gasteiger partial charge in [-0.25, -0.2) is 0 Å². The molecule has 3 nitrogen and oxygen atoms in total. The van der Waals surface area contributed by atoms with Gasteiger partial charge in [0.25, 0.3) is 0 Å². The number of hydrogen-bond acceptors (Lipinski definition) is 3. The SMILES string of the molecule is Nc1ccccc1OCCOc1cccc(Cl)c1. The standard InChI is InChI=1S/C14H14ClNO2/c15-11-4-3-5-12(10-11)17-8-9-18-14-7-2-1-6-13(14)16/h1-7,10H,8-9,16H2. The summed E-state index contributed by atoms with van der Waals surface area (Å²) in [6.45, 7) is 0.870. The third kappa shape index (κ3) is 3.57. The van der Waals surface area contributed by atoms with Crippen LogP contribution in [0.25, 0.3) is 0 Å². The van der Waals surface area contributed by atoms with E-state index in [-0.39, 0.29) is 0 Å². The van der Waals surface area contributed by atoms with Crippen molar-refractivity contribution in [3.05, 3.63) is 53.6 Å². The van der Waals surface area contributed by atoms with E-state index in [1.165, 1.54) is 0 Å². The third-order valence-electron chi connectivity index (χ3n) is 2.32. The Labute approximate surface area is 111 Å². The van der Waals surface area contributed by atoms with E-state index in [2.05, 4.69) is 0 Å². The first-order chi connectivity index (χ1) is 8.75. The second kappa shape index (κ2) is 6.17. The number of halogens is 1. The summed E-state index contributed by atoms with van der Waals surface area (Å²) in [7, 11) is 0. The summed E-state index contributed by atoms with van der Waals surface area (Å²) in [5, 5.41) is 0.653. The fourth-order valence-electron chi connectivity index (χ4n) is 1.48. The van der Waals surface area contributed by atoms with E-state index in [4.69, 9.17) is 26.8 Å². The minimum absolute atomic E-state index is 0.431. The molecule has 0 aliphatic carbocycles. The van der Waals surface area contributed by atoms with Crippen LogP contribution in [0.4, 0.5) is 5.69 Å². The van der Waals surface area contributed by atoms with Crippen molar-refractivity contribution in [1.29, 1.82) is 0 Å². The molecule has 0 unspecified atom stereocenters. The Balaban J connectivity index is 1.78. The van der Waals surface area contributed by atoms with Crippen LogP contribution in [0.15, 0.2) is 48.5 Å². The number of nitrogens with two attached hydrogens (primary N) is 1. The molecule has 2 aromatic rings. The van der Waals surface area contributed by atoms with Crippen LogP contribution in [0.1, 0.15) is 0 Å². The Morgan fingerprint density at radius 2 is 1.72 bits per heavy atom. The number of nitrogen functional groups attached to an aromatic ring is 1. The summed E-state index contributed by atoms with van der Waals surface area (Å²) >= 11 is 5.85. The van der Waals surface area contributed by atoms with Gasteiger partial charge in [-0.3, -0.25) is 0 Å². The average molecular weight is 264 g/mol. The van der Waals surface area contributed by atoms with Crippen LogP contribution < -0.4 is 15.2 Å². The molecule has 0 saturated heterocycles. The van der Waals surface area contributed by atoms with Gasteiger partial charge in [-0.05, 0) is 30.3 Å². The lowest BCUT2D eigenvalue weighted by Gasteiger charge is -2.09. The van der Waals surface area contributed by atoms with Gasteiger partial charge >= 0.3 is 0 Å². The Kier molecular flexibility index (Phi) is 4.31. The maximum atomic E-state index is 5.85. The molecule has 18 heavy (non-hydrogen) atoms. The number of benzene rings is 2. The molecule has 0 atom stereocenters. The van der Waals surface area contributed by atoms with Crippen LogP contribution >= 0.6 is 11.6 Å². The lowest BCUT2D eigenvalue weighted by atomic mass is 10.3. The lowest BCUT2D eigenvalue weighted by molar-refractivity contribution is 0.218. The van der Waals surface area contributed by atoms with E-state index < -0.39 is 0 Å². The molecule has 0 fully saturated rings. The lowest BCUT2D eigenvalue weighted by Crippen LogP contribution is -2.09. The molecule has 0 aliphatic rings. The molecule has 2 rings (SSSR count). The topological polar surface area (TPSA) is 44.5 Å². The monoisotopic (exact) mass is 263 g/mol. The van der Waals surface area contributed by atoms with Gasteiger partial charge in [0, 0.05) is 5.02 Å². The molecule has 0 aromatic heterocycles. The van der Waals surface area contributed by atoms with E-state index in [0.717, 1.165) is 5.75 Å². The molecule has 0 saturated carbocycles. The minimum atomic E-state index is 0.431. The summed E-state index contributed by atoms with van der Waals surface area (Å²) in [5.41, 5.74) is 6.38. The number of para-hydroxylation sites is 2. The largest absolute Gasteiger partial charge is 0.490 e. The summed E-state index contributed by atoms with van der Waals surface area (Å²) in [5.74, 6) is 1.40. The van der Waals surface area contributed by atoms with Crippen LogP contribution in [0.3, 0.4) is 0 Å². The first-order valence-electron chi connectivity index (χ1n) is 5.61. The quantitative estimate of drug-likeness (QED) is 0.664. The molecule has 0 aliphatic heterocycles. The predicted octanol–water partition coefficient (Wildman–Crippen LogP) is 3.38. The van der Waals surface area contributed by atoms with Crippen LogP contribution in [0.5, 0.6) is 11.5 Å². The third-order valence-corrected chi connectivity index (χ3v) is 2.56. The van der Waals surface area contributed by atoms with Gasteiger partial charge in [-0.2, -0.15) is 0 Å². The number of hydrogen-bond donors (Lipinski definition) is 1. The van der Waals surface area contributed by atoms with Crippen molar-refractivity contribution in [2.45, 2.75) is 0 Å². The molecule has 94 valence electrons. The Morgan fingerprint density at radius 1 is 0.944 bits per heavy atom. The molecule has 2 N–H and O–H groups in total. The normalized spacial score (nSPS) is 10.1. The fourth-order valence-corrected chi connectivity index (χ4v) is 1.66. The molecule has 0 bridgehead atoms. The molecule has 0 radical (unpaired) electrons. The zero-order chi connectivity index (χ0) is 12.8. The number of ether oxygens (including phenoxy) is 2. The highest BCUT2D eigenvalue weighted by Gasteiger charge is 1.99. The van der Waals surface area contributed by atoms with E-state index in [0.29, 0.717) is 29.7 Å². The van der Waals surface area contributed by atoms with Gasteiger partial charge in [0.05, 0.1) is 5.69 Å². The van der Waals surface area contributed by atoms with Crippen molar-refractivity contribution in [3.8, 4) is 11.5 Å². The van der Waals surface area contributed by atoms with Gasteiger partial charge in [-0.15, -0.1) is 0 Å². The fraction of sp³-hybridized carbons (Fsp3) is 0.143. The van der Waals surface area contributed by atoms with Gasteiger partial charge in [0.2, 0.25) is 0 Å². The first kappa shape index (κ1) is 12.6. The summed E-state index contributed by atoms with van der Waals surface area (Å²) in [6, 6.07) is 14.6. The van der Waals surface area contributed by atoms with Crippen molar-refractivity contribution >= 4 is 17.3 Å². The summed E-state index contributed by atoms with van der Waals surface area (Å²) in [6.07, 6.45) is 0. The van der Waals surface area contributed by atoms with E-state index in [1.54, 1.807) is 18.2 Å². The van der Waals surface area contributed by atoms with Gasteiger partial charge < -0.3 is 15.2 Å². The molecular weight excluding hydrogens is 250 g/mol. The zero-order valence-electron chi connectivity index (χ0n) is 9.80. The van der Waals surface area contributed by atoms with Crippen molar-refractivity contribution in [1.82, 2.24) is 0 Å². The average Bonchev–Trinajstić information content (AvgIpc) is 2.37. The molecule has 0 spiro atoms. The maximum absolute atomic E-state index is 5.85. The highest BCUT2D eigenvalue weighted by molar-refractivity contribution is 6.30. The van der Waals surface area contributed by atoms with E-state index in [9.17, 15) is 0 Å². The molecule has 0 heterocycles. The van der Waals surface area contributed by atoms with Crippen molar-refractivity contribution in [2.75, 3.05) is 18.9 Å². The van der Waals surface area contributed by atoms with Crippen LogP contribution in [-0.2, 0) is 0 Å². The Bertz CT molecular complexity index is 517. The van der Waals surface area contributed by atoms with Crippen LogP contribution in [0, 0.1) is 0 Å². The highest BCUT2D eigenvalue weighted by Crippen LogP contribution is 2.20. The molecular formula is C14H14ClNO2. The smallest absolute Gasteiger partial charge is 0.142 e. The zero-order valence-corrected chi connectivity index (χ0v) is 10.6. The second-order valence-corrected chi connectivity index (χ2v) is 4.13. The van der Waals surface area contributed by atoms with E-state index >= 15 is 0 Å². The maximum Gasteiger partial charge on any atom is 0.142 e. The minimum Gasteiger partial charge on any atom is -0.490 e. The summed E-state index contributed by atoms with van der Waals surface area (Å²) < 4.78 is 11.0. The predicted molar refractivity (Wildman–Crippen MR) is 73.3 cm³/mol. The highest BCUT2D eigenvalue weighted by atomic mass is 35.5.